The third-order valence-corrected chi connectivity index (χ3v) is 3.15. The van der Waals surface area contributed by atoms with E-state index in [9.17, 15) is 5.11 Å². The number of nitrogens with zero attached hydrogens (tertiary/aromatic N) is 4. The second-order valence-electron chi connectivity index (χ2n) is 4.39. The number of aliphatic hydroxyl groups is 1. The highest BCUT2D eigenvalue weighted by molar-refractivity contribution is 5.45. The van der Waals surface area contributed by atoms with Gasteiger partial charge in [-0.05, 0) is 26.0 Å². The van der Waals surface area contributed by atoms with E-state index in [1.54, 1.807) is 0 Å². The van der Waals surface area contributed by atoms with Crippen molar-refractivity contribution in [1.82, 2.24) is 14.8 Å². The molecule has 1 heterocycles. The van der Waals surface area contributed by atoms with E-state index in [0.29, 0.717) is 13.1 Å². The van der Waals surface area contributed by atoms with Gasteiger partial charge in [-0.2, -0.15) is 0 Å². The molecule has 0 amide bonds. The van der Waals surface area contributed by atoms with Crippen molar-refractivity contribution in [3.63, 3.8) is 0 Å². The average molecular weight is 260 g/mol. The summed E-state index contributed by atoms with van der Waals surface area (Å²) in [6, 6.07) is 10.1. The maximum Gasteiger partial charge on any atom is 0.152 e. The Kier molecular flexibility index (Phi) is 4.52. The first-order chi connectivity index (χ1) is 9.26. The van der Waals surface area contributed by atoms with Gasteiger partial charge in [0.1, 0.15) is 5.82 Å². The molecule has 0 unspecified atom stereocenters. The Hall–Kier alpha value is -1.88. The van der Waals surface area contributed by atoms with Crippen molar-refractivity contribution >= 4 is 5.69 Å². The molecule has 19 heavy (non-hydrogen) atoms. The maximum atomic E-state index is 9.22. The van der Waals surface area contributed by atoms with Gasteiger partial charge in [-0.25, -0.2) is 0 Å². The van der Waals surface area contributed by atoms with Crippen LogP contribution in [0.2, 0.25) is 0 Å². The monoisotopic (exact) mass is 260 g/mol. The van der Waals surface area contributed by atoms with Gasteiger partial charge in [0.2, 0.25) is 0 Å². The predicted molar refractivity (Wildman–Crippen MR) is 75.0 cm³/mol. The normalized spacial score (nSPS) is 10.7. The fraction of sp³-hybridized carbons (Fsp3) is 0.429. The standard InChI is InChI=1S/C14H20N4O/c1-3-18-12(2)15-16-14(18)11-17(9-10-19)13-7-5-4-6-8-13/h4-8,19H,3,9-11H2,1-2H3. The summed E-state index contributed by atoms with van der Waals surface area (Å²) in [7, 11) is 0. The Morgan fingerprint density at radius 3 is 2.58 bits per heavy atom. The van der Waals surface area contributed by atoms with Crippen LogP contribution in [0.15, 0.2) is 30.3 Å². The summed E-state index contributed by atoms with van der Waals surface area (Å²) in [6.45, 7) is 6.25. The quantitative estimate of drug-likeness (QED) is 0.857. The van der Waals surface area contributed by atoms with Crippen LogP contribution in [0.5, 0.6) is 0 Å². The fourth-order valence-corrected chi connectivity index (χ4v) is 2.18. The van der Waals surface area contributed by atoms with Gasteiger partial charge in [-0.3, -0.25) is 0 Å². The summed E-state index contributed by atoms with van der Waals surface area (Å²) in [5, 5.41) is 17.6. The zero-order chi connectivity index (χ0) is 13.7. The van der Waals surface area contributed by atoms with Crippen molar-refractivity contribution in [2.75, 3.05) is 18.1 Å². The minimum atomic E-state index is 0.119. The van der Waals surface area contributed by atoms with Crippen LogP contribution in [0.25, 0.3) is 0 Å². The Morgan fingerprint density at radius 1 is 1.21 bits per heavy atom. The van der Waals surface area contributed by atoms with E-state index in [4.69, 9.17) is 0 Å². The zero-order valence-corrected chi connectivity index (χ0v) is 11.5. The summed E-state index contributed by atoms with van der Waals surface area (Å²) in [4.78, 5) is 2.11. The summed E-state index contributed by atoms with van der Waals surface area (Å²) >= 11 is 0. The fourth-order valence-electron chi connectivity index (χ4n) is 2.18. The SMILES string of the molecule is CCn1c(C)nnc1CN(CCO)c1ccccc1. The average Bonchev–Trinajstić information content (AvgIpc) is 2.79. The number of aryl methyl sites for hydroxylation is 1. The molecule has 0 saturated carbocycles. The maximum absolute atomic E-state index is 9.22. The molecule has 1 aromatic carbocycles. The van der Waals surface area contributed by atoms with Crippen molar-refractivity contribution in [1.29, 1.82) is 0 Å². The molecule has 1 N–H and O–H groups in total. The first kappa shape index (κ1) is 13.5. The first-order valence-corrected chi connectivity index (χ1v) is 6.55. The number of aliphatic hydroxyl groups excluding tert-OH is 1. The van der Waals surface area contributed by atoms with Crippen LogP contribution >= 0.6 is 0 Å². The molecule has 0 bridgehead atoms. The number of hydrogen-bond acceptors (Lipinski definition) is 4. The molecule has 0 aliphatic heterocycles. The Bertz CT molecular complexity index is 509. The van der Waals surface area contributed by atoms with Crippen molar-refractivity contribution in [3.8, 4) is 0 Å². The van der Waals surface area contributed by atoms with Gasteiger partial charge >= 0.3 is 0 Å². The number of anilines is 1. The van der Waals surface area contributed by atoms with Gasteiger partial charge in [0.15, 0.2) is 5.82 Å². The predicted octanol–water partition coefficient (Wildman–Crippen LogP) is 1.61. The van der Waals surface area contributed by atoms with Crippen molar-refractivity contribution in [2.24, 2.45) is 0 Å². The zero-order valence-electron chi connectivity index (χ0n) is 11.5. The number of aromatic nitrogens is 3. The molecular weight excluding hydrogens is 240 g/mol. The van der Waals surface area contributed by atoms with Crippen LogP contribution in [0.4, 0.5) is 5.69 Å². The van der Waals surface area contributed by atoms with E-state index in [1.165, 1.54) is 0 Å². The van der Waals surface area contributed by atoms with Crippen molar-refractivity contribution < 1.29 is 5.11 Å². The van der Waals surface area contributed by atoms with Crippen LogP contribution in [0.1, 0.15) is 18.6 Å². The molecule has 0 spiro atoms. The van der Waals surface area contributed by atoms with E-state index in [2.05, 4.69) is 26.6 Å². The molecule has 0 saturated heterocycles. The van der Waals surface area contributed by atoms with E-state index < -0.39 is 0 Å². The molecule has 0 atom stereocenters. The lowest BCUT2D eigenvalue weighted by Gasteiger charge is -2.23. The van der Waals surface area contributed by atoms with Crippen LogP contribution < -0.4 is 4.90 Å². The second kappa shape index (κ2) is 6.33. The molecule has 0 fully saturated rings. The van der Waals surface area contributed by atoms with Gasteiger partial charge in [0, 0.05) is 18.8 Å². The van der Waals surface area contributed by atoms with Crippen molar-refractivity contribution in [3.05, 3.63) is 42.0 Å². The number of para-hydroxylation sites is 1. The van der Waals surface area contributed by atoms with Gasteiger partial charge in [0.25, 0.3) is 0 Å². The minimum Gasteiger partial charge on any atom is -0.395 e. The molecule has 0 radical (unpaired) electrons. The van der Waals surface area contributed by atoms with Gasteiger partial charge in [-0.1, -0.05) is 18.2 Å². The molecule has 5 heteroatoms. The highest BCUT2D eigenvalue weighted by atomic mass is 16.3. The molecule has 102 valence electrons. The van der Waals surface area contributed by atoms with E-state index in [-0.39, 0.29) is 6.61 Å². The highest BCUT2D eigenvalue weighted by Gasteiger charge is 2.12. The van der Waals surface area contributed by atoms with Crippen LogP contribution in [-0.4, -0.2) is 33.0 Å². The van der Waals surface area contributed by atoms with Gasteiger partial charge in [-0.15, -0.1) is 10.2 Å². The number of hydrogen-bond donors (Lipinski definition) is 1. The van der Waals surface area contributed by atoms with Crippen LogP contribution in [0.3, 0.4) is 0 Å². The molecule has 0 aliphatic carbocycles. The van der Waals surface area contributed by atoms with E-state index in [0.717, 1.165) is 23.9 Å². The molecule has 5 nitrogen and oxygen atoms in total. The Labute approximate surface area is 113 Å². The van der Waals surface area contributed by atoms with Gasteiger partial charge in [0.05, 0.1) is 13.2 Å². The minimum absolute atomic E-state index is 0.119. The lowest BCUT2D eigenvalue weighted by molar-refractivity contribution is 0.301. The molecule has 0 aliphatic rings. The summed E-state index contributed by atoms with van der Waals surface area (Å²) in [5.74, 6) is 1.85. The lowest BCUT2D eigenvalue weighted by Crippen LogP contribution is -2.27. The van der Waals surface area contributed by atoms with Crippen LogP contribution in [0, 0.1) is 6.92 Å². The lowest BCUT2D eigenvalue weighted by atomic mass is 10.3. The topological polar surface area (TPSA) is 54.2 Å². The van der Waals surface area contributed by atoms with E-state index >= 15 is 0 Å². The number of benzene rings is 1. The molecule has 1 aromatic heterocycles. The van der Waals surface area contributed by atoms with Gasteiger partial charge < -0.3 is 14.6 Å². The number of rotatable bonds is 6. The summed E-state index contributed by atoms with van der Waals surface area (Å²) in [6.07, 6.45) is 0. The molecule has 2 aromatic rings. The summed E-state index contributed by atoms with van der Waals surface area (Å²) in [5.41, 5.74) is 1.08. The third-order valence-electron chi connectivity index (χ3n) is 3.15. The largest absolute Gasteiger partial charge is 0.395 e. The van der Waals surface area contributed by atoms with E-state index in [1.807, 2.05) is 37.3 Å². The first-order valence-electron chi connectivity index (χ1n) is 6.55. The molecule has 2 rings (SSSR count). The highest BCUT2D eigenvalue weighted by Crippen LogP contribution is 2.16. The summed E-state index contributed by atoms with van der Waals surface area (Å²) < 4.78 is 2.09. The smallest absolute Gasteiger partial charge is 0.152 e. The third kappa shape index (κ3) is 3.12. The second-order valence-corrected chi connectivity index (χ2v) is 4.39. The Balaban J connectivity index is 2.21. The van der Waals surface area contributed by atoms with Crippen LogP contribution in [-0.2, 0) is 13.1 Å². The Morgan fingerprint density at radius 2 is 1.95 bits per heavy atom. The molecular formula is C14H20N4O. The van der Waals surface area contributed by atoms with Crippen molar-refractivity contribution in [2.45, 2.75) is 26.9 Å².